The molecule has 6 heteroatoms. The second kappa shape index (κ2) is 6.13. The highest BCUT2D eigenvalue weighted by molar-refractivity contribution is 7.89. The Morgan fingerprint density at radius 1 is 1.20 bits per heavy atom. The first-order valence-electron chi connectivity index (χ1n) is 7.60. The van der Waals surface area contributed by atoms with Crippen molar-refractivity contribution in [1.82, 2.24) is 9.62 Å². The third-order valence-corrected chi connectivity index (χ3v) is 6.60. The van der Waals surface area contributed by atoms with E-state index in [-0.39, 0.29) is 5.75 Å². The molecule has 114 valence electrons. The van der Waals surface area contributed by atoms with Gasteiger partial charge in [0.2, 0.25) is 10.0 Å². The zero-order chi connectivity index (χ0) is 14.0. The molecule has 0 amide bonds. The van der Waals surface area contributed by atoms with Crippen molar-refractivity contribution in [3.63, 3.8) is 0 Å². The number of ether oxygens (including phenoxy) is 1. The summed E-state index contributed by atoms with van der Waals surface area (Å²) in [5.74, 6) is 2.41. The highest BCUT2D eigenvalue weighted by Gasteiger charge is 2.35. The van der Waals surface area contributed by atoms with Gasteiger partial charge in [0, 0.05) is 19.6 Å². The smallest absolute Gasteiger partial charge is 0.215 e. The molecule has 3 atom stereocenters. The van der Waals surface area contributed by atoms with Crippen LogP contribution in [0.1, 0.15) is 12.8 Å². The number of hydrogen-bond donors (Lipinski definition) is 1. The zero-order valence-corrected chi connectivity index (χ0v) is 12.6. The summed E-state index contributed by atoms with van der Waals surface area (Å²) < 4.78 is 31.0. The van der Waals surface area contributed by atoms with E-state index in [0.717, 1.165) is 18.4 Å². The van der Waals surface area contributed by atoms with Crippen LogP contribution in [0, 0.1) is 17.8 Å². The van der Waals surface area contributed by atoms with Gasteiger partial charge in [-0.15, -0.1) is 0 Å². The maximum Gasteiger partial charge on any atom is 0.215 e. The van der Waals surface area contributed by atoms with E-state index >= 15 is 0 Å². The summed E-state index contributed by atoms with van der Waals surface area (Å²) in [6, 6.07) is 0. The minimum atomic E-state index is -3.11. The Morgan fingerprint density at radius 2 is 2.00 bits per heavy atom. The minimum Gasteiger partial charge on any atom is -0.379 e. The topological polar surface area (TPSA) is 58.6 Å². The van der Waals surface area contributed by atoms with Crippen LogP contribution in [0.5, 0.6) is 0 Å². The van der Waals surface area contributed by atoms with Gasteiger partial charge in [-0.2, -0.15) is 4.31 Å². The maximum absolute atomic E-state index is 12.1. The lowest BCUT2D eigenvalue weighted by molar-refractivity contribution is 0.0730. The number of morpholine rings is 1. The molecule has 3 unspecified atom stereocenters. The molecule has 0 radical (unpaired) electrons. The van der Waals surface area contributed by atoms with Crippen LogP contribution in [0.15, 0.2) is 12.2 Å². The molecule has 5 nitrogen and oxygen atoms in total. The summed E-state index contributed by atoms with van der Waals surface area (Å²) in [5.41, 5.74) is 0. The maximum atomic E-state index is 12.1. The van der Waals surface area contributed by atoms with E-state index in [1.807, 2.05) is 0 Å². The van der Waals surface area contributed by atoms with Gasteiger partial charge < -0.3 is 10.1 Å². The van der Waals surface area contributed by atoms with Crippen LogP contribution in [-0.2, 0) is 14.8 Å². The van der Waals surface area contributed by atoms with E-state index in [2.05, 4.69) is 17.5 Å². The van der Waals surface area contributed by atoms with Gasteiger partial charge in [-0.25, -0.2) is 8.42 Å². The molecular weight excluding hydrogens is 276 g/mol. The fourth-order valence-electron chi connectivity index (χ4n) is 3.57. The Balaban J connectivity index is 1.38. The molecule has 0 aromatic heterocycles. The lowest BCUT2D eigenvalue weighted by Crippen LogP contribution is -2.43. The predicted octanol–water partition coefficient (Wildman–Crippen LogP) is 0.450. The van der Waals surface area contributed by atoms with Crippen LogP contribution in [-0.4, -0.2) is 57.9 Å². The molecule has 3 rings (SSSR count). The first-order chi connectivity index (χ1) is 9.65. The lowest BCUT2D eigenvalue weighted by Gasteiger charge is -2.26. The van der Waals surface area contributed by atoms with E-state index < -0.39 is 10.0 Å². The van der Waals surface area contributed by atoms with Crippen LogP contribution >= 0.6 is 0 Å². The highest BCUT2D eigenvalue weighted by atomic mass is 32.2. The van der Waals surface area contributed by atoms with Crippen molar-refractivity contribution in [2.75, 3.05) is 45.1 Å². The summed E-state index contributed by atoms with van der Waals surface area (Å²) in [6.45, 7) is 3.54. The average Bonchev–Trinajstić information content (AvgIpc) is 3.07. The van der Waals surface area contributed by atoms with Gasteiger partial charge in [0.1, 0.15) is 0 Å². The molecule has 2 bridgehead atoms. The predicted molar refractivity (Wildman–Crippen MR) is 77.9 cm³/mol. The van der Waals surface area contributed by atoms with E-state index in [1.165, 1.54) is 12.8 Å². The average molecular weight is 300 g/mol. The van der Waals surface area contributed by atoms with Crippen molar-refractivity contribution in [3.05, 3.63) is 12.2 Å². The van der Waals surface area contributed by atoms with Gasteiger partial charge in [0.25, 0.3) is 0 Å². The fraction of sp³-hybridized carbons (Fsp3) is 0.857. The van der Waals surface area contributed by atoms with Gasteiger partial charge in [-0.1, -0.05) is 12.2 Å². The second-order valence-electron chi connectivity index (χ2n) is 6.07. The number of rotatable bonds is 6. The molecule has 1 saturated heterocycles. The quantitative estimate of drug-likeness (QED) is 0.571. The molecule has 20 heavy (non-hydrogen) atoms. The number of allylic oxidation sites excluding steroid dienone is 2. The molecule has 1 saturated carbocycles. The number of fused-ring (bicyclic) bond motifs is 2. The zero-order valence-electron chi connectivity index (χ0n) is 11.8. The Hall–Kier alpha value is -0.430. The second-order valence-corrected chi connectivity index (χ2v) is 8.16. The van der Waals surface area contributed by atoms with E-state index in [4.69, 9.17) is 4.74 Å². The summed E-state index contributed by atoms with van der Waals surface area (Å²) in [7, 11) is -3.11. The standard InChI is InChI=1S/C14H24N2O3S/c17-20(18,16-4-6-19-7-5-16)8-3-15-11-14-10-12-1-2-13(14)9-12/h1-2,12-15H,3-11H2. The van der Waals surface area contributed by atoms with Gasteiger partial charge in [0.05, 0.1) is 19.0 Å². The van der Waals surface area contributed by atoms with Crippen LogP contribution in [0.2, 0.25) is 0 Å². The molecule has 0 aromatic carbocycles. The number of nitrogens with one attached hydrogen (secondary N) is 1. The van der Waals surface area contributed by atoms with Crippen LogP contribution in [0.25, 0.3) is 0 Å². The van der Waals surface area contributed by atoms with Gasteiger partial charge in [-0.3, -0.25) is 0 Å². The van der Waals surface area contributed by atoms with Crippen molar-refractivity contribution in [2.45, 2.75) is 12.8 Å². The molecule has 1 N–H and O–H groups in total. The monoisotopic (exact) mass is 300 g/mol. The molecule has 1 heterocycles. The van der Waals surface area contributed by atoms with E-state index in [1.54, 1.807) is 4.31 Å². The normalized spacial score (nSPS) is 33.9. The molecular formula is C14H24N2O3S. The highest BCUT2D eigenvalue weighted by Crippen LogP contribution is 2.42. The summed E-state index contributed by atoms with van der Waals surface area (Å²) >= 11 is 0. The number of nitrogens with zero attached hydrogens (tertiary/aromatic N) is 1. The van der Waals surface area contributed by atoms with Crippen molar-refractivity contribution in [2.24, 2.45) is 17.8 Å². The third kappa shape index (κ3) is 3.24. The fourth-order valence-corrected chi connectivity index (χ4v) is 4.94. The van der Waals surface area contributed by atoms with Crippen molar-refractivity contribution in [1.29, 1.82) is 0 Å². The first-order valence-corrected chi connectivity index (χ1v) is 9.21. The van der Waals surface area contributed by atoms with Crippen molar-refractivity contribution >= 4 is 10.0 Å². The molecule has 3 aliphatic rings. The van der Waals surface area contributed by atoms with E-state index in [0.29, 0.717) is 38.8 Å². The summed E-state index contributed by atoms with van der Waals surface area (Å²) in [6.07, 6.45) is 7.25. The summed E-state index contributed by atoms with van der Waals surface area (Å²) in [4.78, 5) is 0. The molecule has 0 aromatic rings. The largest absolute Gasteiger partial charge is 0.379 e. The Bertz CT molecular complexity index is 457. The Labute approximate surface area is 121 Å². The van der Waals surface area contributed by atoms with Crippen LogP contribution < -0.4 is 5.32 Å². The van der Waals surface area contributed by atoms with Crippen LogP contribution in [0.4, 0.5) is 0 Å². The third-order valence-electron chi connectivity index (χ3n) is 4.72. The van der Waals surface area contributed by atoms with E-state index in [9.17, 15) is 8.42 Å². The molecule has 1 aliphatic heterocycles. The van der Waals surface area contributed by atoms with Gasteiger partial charge in [0.15, 0.2) is 0 Å². The Morgan fingerprint density at radius 3 is 2.65 bits per heavy atom. The first kappa shape index (κ1) is 14.5. The van der Waals surface area contributed by atoms with Crippen molar-refractivity contribution in [3.8, 4) is 0 Å². The van der Waals surface area contributed by atoms with Crippen LogP contribution in [0.3, 0.4) is 0 Å². The lowest BCUT2D eigenvalue weighted by atomic mass is 9.94. The number of sulfonamides is 1. The molecule has 2 aliphatic carbocycles. The summed E-state index contributed by atoms with van der Waals surface area (Å²) in [5, 5.41) is 3.34. The molecule has 2 fully saturated rings. The van der Waals surface area contributed by atoms with Gasteiger partial charge >= 0.3 is 0 Å². The minimum absolute atomic E-state index is 0.198. The SMILES string of the molecule is O=S(=O)(CCNCC1CC2C=CC1C2)N1CCOCC1. The number of hydrogen-bond acceptors (Lipinski definition) is 4. The van der Waals surface area contributed by atoms with Crippen molar-refractivity contribution < 1.29 is 13.2 Å². The van der Waals surface area contributed by atoms with Gasteiger partial charge in [-0.05, 0) is 37.1 Å². The molecule has 0 spiro atoms. The Kier molecular flexibility index (Phi) is 4.45.